The predicted molar refractivity (Wildman–Crippen MR) is 62.9 cm³/mol. The van der Waals surface area contributed by atoms with Crippen molar-refractivity contribution in [3.8, 4) is 6.07 Å². The van der Waals surface area contributed by atoms with Crippen molar-refractivity contribution in [2.24, 2.45) is 5.41 Å². The third-order valence-corrected chi connectivity index (χ3v) is 2.46. The minimum Gasteiger partial charge on any atom is -0.396 e. The molecule has 0 aromatic carbocycles. The van der Waals surface area contributed by atoms with Gasteiger partial charge >= 0.3 is 0 Å². The number of rotatable bonds is 5. The number of hydrogen-bond acceptors (Lipinski definition) is 4. The molecule has 1 aromatic heterocycles. The van der Waals surface area contributed by atoms with E-state index in [2.05, 4.69) is 24.1 Å². The Bertz CT molecular complexity index is 382. The van der Waals surface area contributed by atoms with Crippen LogP contribution in [-0.4, -0.2) is 23.2 Å². The molecule has 0 radical (unpaired) electrons. The van der Waals surface area contributed by atoms with Crippen LogP contribution in [0.15, 0.2) is 18.3 Å². The van der Waals surface area contributed by atoms with Crippen LogP contribution in [0, 0.1) is 16.7 Å². The summed E-state index contributed by atoms with van der Waals surface area (Å²) in [5, 5.41) is 21.0. The number of aliphatic hydroxyl groups is 1. The molecule has 1 heterocycles. The summed E-state index contributed by atoms with van der Waals surface area (Å²) in [7, 11) is 0. The van der Waals surface area contributed by atoms with Gasteiger partial charge in [-0.05, 0) is 24.0 Å². The molecule has 0 saturated carbocycles. The second-order valence-corrected chi connectivity index (χ2v) is 4.50. The zero-order valence-corrected chi connectivity index (χ0v) is 9.70. The maximum Gasteiger partial charge on any atom is 0.163 e. The molecule has 0 fully saturated rings. The molecule has 1 rings (SSSR count). The molecule has 0 aliphatic rings. The number of nitriles is 1. The number of nitrogens with zero attached hydrogens (tertiary/aromatic N) is 2. The number of aliphatic hydroxyl groups excluding tert-OH is 1. The van der Waals surface area contributed by atoms with Crippen LogP contribution in [0.2, 0.25) is 0 Å². The number of pyridine rings is 1. The van der Waals surface area contributed by atoms with Crippen molar-refractivity contribution in [3.05, 3.63) is 24.0 Å². The molecule has 0 aliphatic carbocycles. The first-order valence-corrected chi connectivity index (χ1v) is 5.29. The Kier molecular flexibility index (Phi) is 4.27. The minimum absolute atomic E-state index is 0.00266. The fourth-order valence-electron chi connectivity index (χ4n) is 1.36. The molecule has 0 aliphatic heterocycles. The molecule has 0 atom stereocenters. The second-order valence-electron chi connectivity index (χ2n) is 4.50. The first kappa shape index (κ1) is 12.5. The van der Waals surface area contributed by atoms with Gasteiger partial charge in [0.25, 0.3) is 0 Å². The Hall–Kier alpha value is -1.60. The van der Waals surface area contributed by atoms with Gasteiger partial charge in [0, 0.05) is 19.3 Å². The van der Waals surface area contributed by atoms with Crippen LogP contribution in [0.1, 0.15) is 26.0 Å². The molecule has 86 valence electrons. The lowest BCUT2D eigenvalue weighted by Gasteiger charge is -2.24. The average molecular weight is 219 g/mol. The van der Waals surface area contributed by atoms with Gasteiger partial charge in [-0.15, -0.1) is 0 Å². The monoisotopic (exact) mass is 219 g/mol. The zero-order valence-electron chi connectivity index (χ0n) is 9.70. The van der Waals surface area contributed by atoms with Crippen LogP contribution in [0.5, 0.6) is 0 Å². The summed E-state index contributed by atoms with van der Waals surface area (Å²) >= 11 is 0. The first-order valence-electron chi connectivity index (χ1n) is 5.29. The summed E-state index contributed by atoms with van der Waals surface area (Å²) in [6, 6.07) is 5.67. The van der Waals surface area contributed by atoms with Crippen molar-refractivity contribution in [1.29, 1.82) is 5.26 Å². The van der Waals surface area contributed by atoms with Crippen molar-refractivity contribution < 1.29 is 5.11 Å². The first-order chi connectivity index (χ1) is 7.59. The summed E-state index contributed by atoms with van der Waals surface area (Å²) < 4.78 is 0. The van der Waals surface area contributed by atoms with Crippen molar-refractivity contribution in [2.45, 2.75) is 20.3 Å². The highest BCUT2D eigenvalue weighted by atomic mass is 16.3. The molecule has 4 heteroatoms. The Morgan fingerprint density at radius 1 is 1.56 bits per heavy atom. The Morgan fingerprint density at radius 2 is 2.31 bits per heavy atom. The fraction of sp³-hybridized carbons (Fsp3) is 0.500. The van der Waals surface area contributed by atoms with E-state index in [0.717, 1.165) is 12.1 Å². The minimum atomic E-state index is -0.00266. The molecule has 0 spiro atoms. The normalized spacial score (nSPS) is 10.9. The maximum absolute atomic E-state index is 8.91. The summed E-state index contributed by atoms with van der Waals surface area (Å²) in [5.74, 6) is 0. The predicted octanol–water partition coefficient (Wildman–Crippen LogP) is 1.77. The molecular formula is C12H17N3O. The van der Waals surface area contributed by atoms with Crippen LogP contribution >= 0.6 is 0 Å². The Balaban J connectivity index is 2.65. The number of hydrogen-bond donors (Lipinski definition) is 2. The molecule has 16 heavy (non-hydrogen) atoms. The van der Waals surface area contributed by atoms with E-state index in [9.17, 15) is 0 Å². The lowest BCUT2D eigenvalue weighted by molar-refractivity contribution is 0.220. The van der Waals surface area contributed by atoms with E-state index >= 15 is 0 Å². The van der Waals surface area contributed by atoms with Crippen LogP contribution in [0.3, 0.4) is 0 Å². The average Bonchev–Trinajstić information content (AvgIpc) is 2.27. The van der Waals surface area contributed by atoms with Crippen LogP contribution in [-0.2, 0) is 0 Å². The maximum atomic E-state index is 8.91. The Morgan fingerprint density at radius 3 is 2.94 bits per heavy atom. The molecule has 0 unspecified atom stereocenters. The van der Waals surface area contributed by atoms with Gasteiger partial charge in [0.1, 0.15) is 6.07 Å². The van der Waals surface area contributed by atoms with E-state index in [1.54, 1.807) is 12.3 Å². The largest absolute Gasteiger partial charge is 0.396 e. The van der Waals surface area contributed by atoms with Crippen molar-refractivity contribution in [1.82, 2.24) is 4.98 Å². The fourth-order valence-corrected chi connectivity index (χ4v) is 1.36. The molecule has 2 N–H and O–H groups in total. The van der Waals surface area contributed by atoms with Gasteiger partial charge in [-0.25, -0.2) is 4.98 Å². The van der Waals surface area contributed by atoms with Crippen LogP contribution in [0.4, 0.5) is 5.69 Å². The third-order valence-electron chi connectivity index (χ3n) is 2.46. The summed E-state index contributed by atoms with van der Waals surface area (Å²) in [6.45, 7) is 5.01. The summed E-state index contributed by atoms with van der Waals surface area (Å²) in [4.78, 5) is 3.97. The van der Waals surface area contributed by atoms with E-state index in [1.807, 2.05) is 12.1 Å². The number of anilines is 1. The van der Waals surface area contributed by atoms with Gasteiger partial charge in [0.05, 0.1) is 5.69 Å². The van der Waals surface area contributed by atoms with E-state index in [-0.39, 0.29) is 12.0 Å². The van der Waals surface area contributed by atoms with E-state index in [4.69, 9.17) is 10.4 Å². The topological polar surface area (TPSA) is 68.9 Å². The summed E-state index contributed by atoms with van der Waals surface area (Å²) in [5.41, 5.74) is 1.15. The highest BCUT2D eigenvalue weighted by Gasteiger charge is 2.17. The van der Waals surface area contributed by atoms with Gasteiger partial charge in [-0.1, -0.05) is 13.8 Å². The Labute approximate surface area is 95.9 Å². The quantitative estimate of drug-likeness (QED) is 0.792. The highest BCUT2D eigenvalue weighted by Crippen LogP contribution is 2.21. The SMILES string of the molecule is CC(C)(CCO)CNc1cccnc1C#N. The van der Waals surface area contributed by atoms with Crippen molar-refractivity contribution in [3.63, 3.8) is 0 Å². The van der Waals surface area contributed by atoms with Gasteiger partial charge in [0.15, 0.2) is 5.69 Å². The highest BCUT2D eigenvalue weighted by molar-refractivity contribution is 5.53. The second kappa shape index (κ2) is 5.47. The number of nitrogens with one attached hydrogen (secondary N) is 1. The van der Waals surface area contributed by atoms with Crippen LogP contribution in [0.25, 0.3) is 0 Å². The third kappa shape index (κ3) is 3.52. The molecule has 0 saturated heterocycles. The van der Waals surface area contributed by atoms with Crippen molar-refractivity contribution in [2.75, 3.05) is 18.5 Å². The van der Waals surface area contributed by atoms with Gasteiger partial charge < -0.3 is 10.4 Å². The zero-order chi connectivity index (χ0) is 12.0. The molecule has 1 aromatic rings. The molecular weight excluding hydrogens is 202 g/mol. The van der Waals surface area contributed by atoms with Crippen molar-refractivity contribution >= 4 is 5.69 Å². The lowest BCUT2D eigenvalue weighted by Crippen LogP contribution is -2.24. The smallest absolute Gasteiger partial charge is 0.163 e. The summed E-state index contributed by atoms with van der Waals surface area (Å²) in [6.07, 6.45) is 2.32. The molecule has 0 bridgehead atoms. The van der Waals surface area contributed by atoms with E-state index in [0.29, 0.717) is 12.2 Å². The molecule has 0 amide bonds. The van der Waals surface area contributed by atoms with E-state index in [1.165, 1.54) is 0 Å². The van der Waals surface area contributed by atoms with Gasteiger partial charge in [-0.3, -0.25) is 0 Å². The number of aromatic nitrogens is 1. The van der Waals surface area contributed by atoms with Gasteiger partial charge in [-0.2, -0.15) is 5.26 Å². The standard InChI is InChI=1S/C12H17N3O/c1-12(2,5-7-16)9-15-10-4-3-6-14-11(10)8-13/h3-4,6,15-16H,5,7,9H2,1-2H3. The van der Waals surface area contributed by atoms with Gasteiger partial charge in [0.2, 0.25) is 0 Å². The van der Waals surface area contributed by atoms with Crippen LogP contribution < -0.4 is 5.32 Å². The van der Waals surface area contributed by atoms with E-state index < -0.39 is 0 Å². The lowest BCUT2D eigenvalue weighted by atomic mass is 9.89. The molecule has 4 nitrogen and oxygen atoms in total.